The first-order valence-corrected chi connectivity index (χ1v) is 8.88. The van der Waals surface area contributed by atoms with Crippen molar-refractivity contribution in [2.75, 3.05) is 0 Å². The van der Waals surface area contributed by atoms with Gasteiger partial charge in [0.1, 0.15) is 11.6 Å². The lowest BCUT2D eigenvalue weighted by atomic mass is 10.2. The van der Waals surface area contributed by atoms with Crippen LogP contribution < -0.4 is 0 Å². The number of imidazole rings is 1. The number of benzene rings is 1. The Balaban J connectivity index is 1.81. The number of aromatic hydroxyl groups is 1. The lowest BCUT2D eigenvalue weighted by molar-refractivity contribution is 0.476. The number of fused-ring (bicyclic) bond motifs is 1. The first kappa shape index (κ1) is 13.5. The van der Waals surface area contributed by atoms with Gasteiger partial charge in [-0.25, -0.2) is 4.98 Å². The number of hydrogen-bond donors (Lipinski definition) is 1. The molecule has 0 radical (unpaired) electrons. The van der Waals surface area contributed by atoms with Crippen LogP contribution in [-0.4, -0.2) is 14.7 Å². The largest absolute Gasteiger partial charge is 0.508 e. The van der Waals surface area contributed by atoms with Crippen LogP contribution in [0.15, 0.2) is 52.5 Å². The summed E-state index contributed by atoms with van der Waals surface area (Å²) in [6.45, 7) is 0.853. The van der Waals surface area contributed by atoms with E-state index in [-0.39, 0.29) is 5.75 Å². The maximum Gasteiger partial charge on any atom is 0.141 e. The highest BCUT2D eigenvalue weighted by Crippen LogP contribution is 2.29. The standard InChI is InChI=1S/C17H14N2OS2/c20-13-3-4-15-16(10-13)19(7-5-14-2-1-8-22-14)17(18-15)12-6-9-21-11-12/h1-4,6,8-11,20H,5,7H2. The molecule has 0 aliphatic carbocycles. The maximum absolute atomic E-state index is 9.81. The quantitative estimate of drug-likeness (QED) is 0.586. The van der Waals surface area contributed by atoms with E-state index in [4.69, 9.17) is 4.98 Å². The zero-order valence-electron chi connectivity index (χ0n) is 11.8. The van der Waals surface area contributed by atoms with E-state index >= 15 is 0 Å². The number of hydrogen-bond acceptors (Lipinski definition) is 4. The van der Waals surface area contributed by atoms with Gasteiger partial charge >= 0.3 is 0 Å². The SMILES string of the molecule is Oc1ccc2nc(-c3ccsc3)n(CCc3cccs3)c2c1. The summed E-state index contributed by atoms with van der Waals surface area (Å²) in [5.41, 5.74) is 3.04. The molecule has 0 unspecified atom stereocenters. The predicted octanol–water partition coefficient (Wildman–Crippen LogP) is 4.77. The van der Waals surface area contributed by atoms with Gasteiger partial charge in [0.15, 0.2) is 0 Å². The molecule has 5 heteroatoms. The molecular weight excluding hydrogens is 312 g/mol. The van der Waals surface area contributed by atoms with Crippen LogP contribution in [0.25, 0.3) is 22.4 Å². The van der Waals surface area contributed by atoms with Crippen LogP contribution in [0.4, 0.5) is 0 Å². The molecule has 4 aromatic rings. The van der Waals surface area contributed by atoms with Gasteiger partial charge in [0.2, 0.25) is 0 Å². The van der Waals surface area contributed by atoms with Gasteiger partial charge in [0, 0.05) is 28.4 Å². The Kier molecular flexibility index (Phi) is 3.44. The molecule has 1 N–H and O–H groups in total. The number of phenols is 1. The second-order valence-corrected chi connectivity index (χ2v) is 6.91. The van der Waals surface area contributed by atoms with Gasteiger partial charge < -0.3 is 9.67 Å². The van der Waals surface area contributed by atoms with Gasteiger partial charge in [-0.2, -0.15) is 11.3 Å². The molecule has 0 fully saturated rings. The molecule has 0 saturated heterocycles. The molecule has 1 aromatic carbocycles. The molecule has 110 valence electrons. The Morgan fingerprint density at radius 1 is 1.14 bits per heavy atom. The zero-order chi connectivity index (χ0) is 14.9. The summed E-state index contributed by atoms with van der Waals surface area (Å²) in [6, 6.07) is 11.7. The molecule has 4 rings (SSSR count). The summed E-state index contributed by atoms with van der Waals surface area (Å²) in [6.07, 6.45) is 0.968. The highest BCUT2D eigenvalue weighted by molar-refractivity contribution is 7.09. The number of aryl methyl sites for hydroxylation is 2. The van der Waals surface area contributed by atoms with Crippen LogP contribution in [0.2, 0.25) is 0 Å². The molecule has 3 aromatic heterocycles. The average molecular weight is 326 g/mol. The molecular formula is C17H14N2OS2. The maximum atomic E-state index is 9.81. The van der Waals surface area contributed by atoms with Crippen molar-refractivity contribution in [1.29, 1.82) is 0 Å². The van der Waals surface area contributed by atoms with Crippen LogP contribution in [0, 0.1) is 0 Å². The van der Waals surface area contributed by atoms with Crippen molar-refractivity contribution < 1.29 is 5.11 Å². The van der Waals surface area contributed by atoms with Crippen molar-refractivity contribution in [3.63, 3.8) is 0 Å². The van der Waals surface area contributed by atoms with Crippen molar-refractivity contribution >= 4 is 33.7 Å². The van der Waals surface area contributed by atoms with Gasteiger partial charge in [0.05, 0.1) is 11.0 Å². The molecule has 0 saturated carbocycles. The Hall–Kier alpha value is -2.11. The number of nitrogens with zero attached hydrogens (tertiary/aromatic N) is 2. The molecule has 0 bridgehead atoms. The highest BCUT2D eigenvalue weighted by Gasteiger charge is 2.13. The van der Waals surface area contributed by atoms with Gasteiger partial charge in [-0.15, -0.1) is 11.3 Å². The predicted molar refractivity (Wildman–Crippen MR) is 92.7 cm³/mol. The Morgan fingerprint density at radius 2 is 2.09 bits per heavy atom. The van der Waals surface area contributed by atoms with E-state index in [1.165, 1.54) is 4.88 Å². The van der Waals surface area contributed by atoms with Crippen molar-refractivity contribution in [3.8, 4) is 17.1 Å². The second-order valence-electron chi connectivity index (χ2n) is 5.10. The topological polar surface area (TPSA) is 38.1 Å². The van der Waals surface area contributed by atoms with E-state index in [9.17, 15) is 5.11 Å². The fraction of sp³-hybridized carbons (Fsp3) is 0.118. The minimum atomic E-state index is 0.279. The first-order chi connectivity index (χ1) is 10.8. The van der Waals surface area contributed by atoms with Crippen molar-refractivity contribution in [2.24, 2.45) is 0 Å². The molecule has 3 nitrogen and oxygen atoms in total. The number of thiophene rings is 2. The van der Waals surface area contributed by atoms with Crippen LogP contribution in [0.3, 0.4) is 0 Å². The average Bonchev–Trinajstić information content (AvgIpc) is 3.25. The summed E-state index contributed by atoms with van der Waals surface area (Å²) in [5.74, 6) is 1.25. The second kappa shape index (κ2) is 5.59. The molecule has 0 atom stereocenters. The molecule has 0 spiro atoms. The molecule has 22 heavy (non-hydrogen) atoms. The molecule has 0 aliphatic heterocycles. The number of aromatic nitrogens is 2. The van der Waals surface area contributed by atoms with Crippen molar-refractivity contribution in [2.45, 2.75) is 13.0 Å². The first-order valence-electron chi connectivity index (χ1n) is 7.05. The van der Waals surface area contributed by atoms with Crippen molar-refractivity contribution in [1.82, 2.24) is 9.55 Å². The third-order valence-electron chi connectivity index (χ3n) is 3.67. The van der Waals surface area contributed by atoms with Gasteiger partial charge in [-0.1, -0.05) is 6.07 Å². The summed E-state index contributed by atoms with van der Waals surface area (Å²) < 4.78 is 2.21. The summed E-state index contributed by atoms with van der Waals surface area (Å²) in [5, 5.41) is 16.1. The molecule has 0 amide bonds. The van der Waals surface area contributed by atoms with E-state index in [2.05, 4.69) is 38.9 Å². The van der Waals surface area contributed by atoms with E-state index in [1.54, 1.807) is 34.8 Å². The van der Waals surface area contributed by atoms with Gasteiger partial charge in [-0.3, -0.25) is 0 Å². The van der Waals surface area contributed by atoms with Gasteiger partial charge in [0.25, 0.3) is 0 Å². The van der Waals surface area contributed by atoms with E-state index in [0.29, 0.717) is 0 Å². The van der Waals surface area contributed by atoms with Crippen LogP contribution >= 0.6 is 22.7 Å². The monoisotopic (exact) mass is 326 g/mol. The Morgan fingerprint density at radius 3 is 2.86 bits per heavy atom. The molecule has 0 aliphatic rings. The van der Waals surface area contributed by atoms with Crippen LogP contribution in [0.1, 0.15) is 4.88 Å². The number of rotatable bonds is 4. The summed E-state index contributed by atoms with van der Waals surface area (Å²) >= 11 is 3.45. The zero-order valence-corrected chi connectivity index (χ0v) is 13.4. The minimum absolute atomic E-state index is 0.279. The molecule has 3 heterocycles. The fourth-order valence-electron chi connectivity index (χ4n) is 2.63. The normalized spacial score (nSPS) is 11.3. The number of phenolic OH excluding ortho intramolecular Hbond substituents is 1. The Bertz CT molecular complexity index is 892. The minimum Gasteiger partial charge on any atom is -0.508 e. The fourth-order valence-corrected chi connectivity index (χ4v) is 3.96. The van der Waals surface area contributed by atoms with Crippen molar-refractivity contribution in [3.05, 3.63) is 57.4 Å². The Labute approximate surface area is 136 Å². The third-order valence-corrected chi connectivity index (χ3v) is 5.29. The van der Waals surface area contributed by atoms with E-state index < -0.39 is 0 Å². The smallest absolute Gasteiger partial charge is 0.141 e. The van der Waals surface area contributed by atoms with Gasteiger partial charge in [-0.05, 0) is 41.4 Å². The lowest BCUT2D eigenvalue weighted by Gasteiger charge is -2.08. The van der Waals surface area contributed by atoms with E-state index in [0.717, 1.165) is 35.4 Å². The summed E-state index contributed by atoms with van der Waals surface area (Å²) in [7, 11) is 0. The van der Waals surface area contributed by atoms with Crippen LogP contribution in [-0.2, 0) is 13.0 Å². The van der Waals surface area contributed by atoms with E-state index in [1.807, 2.05) is 6.07 Å². The third kappa shape index (κ3) is 2.42. The highest BCUT2D eigenvalue weighted by atomic mass is 32.1. The van der Waals surface area contributed by atoms with Crippen LogP contribution in [0.5, 0.6) is 5.75 Å². The lowest BCUT2D eigenvalue weighted by Crippen LogP contribution is -2.02. The summed E-state index contributed by atoms with van der Waals surface area (Å²) in [4.78, 5) is 6.12.